The molecule has 1 unspecified atom stereocenters. The third-order valence-corrected chi connectivity index (χ3v) is 3.39. The van der Waals surface area contributed by atoms with Crippen LogP contribution in [0, 0.1) is 0 Å². The van der Waals surface area contributed by atoms with Crippen LogP contribution in [0.3, 0.4) is 0 Å². The Morgan fingerprint density at radius 1 is 1.24 bits per heavy atom. The molecule has 1 heterocycles. The van der Waals surface area contributed by atoms with Crippen molar-refractivity contribution in [2.75, 3.05) is 6.54 Å². The molecule has 8 nitrogen and oxygen atoms in total. The first-order chi connectivity index (χ1) is 11.5. The van der Waals surface area contributed by atoms with Crippen LogP contribution >= 0.6 is 0 Å². The van der Waals surface area contributed by atoms with E-state index in [4.69, 9.17) is 14.9 Å². The molecule has 1 amide bonds. The fraction of sp³-hybridized carbons (Fsp3) is 0.529. The van der Waals surface area contributed by atoms with Crippen LogP contribution in [0.4, 0.5) is 4.79 Å². The van der Waals surface area contributed by atoms with Crippen LogP contribution in [-0.4, -0.2) is 45.4 Å². The van der Waals surface area contributed by atoms with Gasteiger partial charge >= 0.3 is 18.0 Å². The number of aromatic nitrogens is 1. The summed E-state index contributed by atoms with van der Waals surface area (Å²) in [5.74, 6) is -2.74. The number of hydrogen-bond donors (Lipinski definition) is 3. The van der Waals surface area contributed by atoms with Crippen LogP contribution < -0.4 is 5.32 Å². The molecule has 0 saturated heterocycles. The molecule has 0 aliphatic carbocycles. The van der Waals surface area contributed by atoms with Gasteiger partial charge in [0.15, 0.2) is 5.69 Å². The first kappa shape index (κ1) is 20.4. The van der Waals surface area contributed by atoms with Crippen molar-refractivity contribution in [3.63, 3.8) is 0 Å². The van der Waals surface area contributed by atoms with E-state index >= 15 is 0 Å². The average molecular weight is 352 g/mol. The maximum absolute atomic E-state index is 11.5. The zero-order chi connectivity index (χ0) is 19.2. The largest absolute Gasteiger partial charge is 0.478 e. The standard InChI is InChI=1S/C17H24N2O6/c1-10(6-5-7-18-16(24)25-17(2,3)4)11-8-12(14(20)21)13(15(22)23)19-9-11/h8-10H,5-7H2,1-4H3,(H,18,24)(H,20,21)(H,22,23). The van der Waals surface area contributed by atoms with Crippen LogP contribution in [0.25, 0.3) is 0 Å². The third-order valence-electron chi connectivity index (χ3n) is 3.39. The highest BCUT2D eigenvalue weighted by Crippen LogP contribution is 2.22. The first-order valence-corrected chi connectivity index (χ1v) is 7.94. The third kappa shape index (κ3) is 6.78. The molecule has 1 rings (SSSR count). The lowest BCUT2D eigenvalue weighted by molar-refractivity contribution is 0.0525. The molecule has 0 aliphatic rings. The minimum absolute atomic E-state index is 0.0334. The van der Waals surface area contributed by atoms with E-state index < -0.39 is 29.3 Å². The van der Waals surface area contributed by atoms with Gasteiger partial charge in [-0.15, -0.1) is 0 Å². The Hall–Kier alpha value is -2.64. The van der Waals surface area contributed by atoms with Crippen molar-refractivity contribution < 1.29 is 29.3 Å². The van der Waals surface area contributed by atoms with Gasteiger partial charge < -0.3 is 20.3 Å². The highest BCUT2D eigenvalue weighted by molar-refractivity contribution is 6.00. The molecule has 1 atom stereocenters. The lowest BCUT2D eigenvalue weighted by atomic mass is 9.96. The fourth-order valence-corrected chi connectivity index (χ4v) is 2.16. The van der Waals surface area contributed by atoms with E-state index in [0.717, 1.165) is 0 Å². The molecule has 1 aromatic rings. The van der Waals surface area contributed by atoms with Crippen molar-refractivity contribution in [3.8, 4) is 0 Å². The lowest BCUT2D eigenvalue weighted by Crippen LogP contribution is -2.33. The number of amides is 1. The van der Waals surface area contributed by atoms with Crippen molar-refractivity contribution >= 4 is 18.0 Å². The van der Waals surface area contributed by atoms with Crippen LogP contribution in [0.15, 0.2) is 12.3 Å². The minimum atomic E-state index is -1.38. The molecule has 0 aromatic carbocycles. The van der Waals surface area contributed by atoms with Crippen molar-refractivity contribution in [2.45, 2.75) is 52.1 Å². The molecule has 0 fully saturated rings. The Morgan fingerprint density at radius 2 is 1.88 bits per heavy atom. The smallest absolute Gasteiger partial charge is 0.407 e. The average Bonchev–Trinajstić information content (AvgIpc) is 2.48. The molecule has 0 radical (unpaired) electrons. The second-order valence-corrected chi connectivity index (χ2v) is 6.75. The Kier molecular flexibility index (Phi) is 6.90. The summed E-state index contributed by atoms with van der Waals surface area (Å²) in [6.45, 7) is 7.65. The predicted molar refractivity (Wildman–Crippen MR) is 90.0 cm³/mol. The normalized spacial score (nSPS) is 12.3. The topological polar surface area (TPSA) is 126 Å². The number of aromatic carboxylic acids is 2. The maximum atomic E-state index is 11.5. The number of rotatable bonds is 7. The number of carboxylic acids is 2. The van der Waals surface area contributed by atoms with Gasteiger partial charge in [-0.25, -0.2) is 19.4 Å². The molecular formula is C17H24N2O6. The number of nitrogens with one attached hydrogen (secondary N) is 1. The van der Waals surface area contributed by atoms with Gasteiger partial charge in [-0.3, -0.25) is 0 Å². The van der Waals surface area contributed by atoms with Crippen molar-refractivity contribution in [2.24, 2.45) is 0 Å². The molecular weight excluding hydrogens is 328 g/mol. The second kappa shape index (κ2) is 8.46. The Labute approximate surface area is 146 Å². The number of alkyl carbamates (subject to hydrolysis) is 1. The molecule has 0 bridgehead atoms. The molecule has 25 heavy (non-hydrogen) atoms. The van der Waals surface area contributed by atoms with E-state index in [0.29, 0.717) is 24.9 Å². The second-order valence-electron chi connectivity index (χ2n) is 6.75. The van der Waals surface area contributed by atoms with Gasteiger partial charge in [-0.05, 0) is 51.2 Å². The summed E-state index contributed by atoms with van der Waals surface area (Å²) in [7, 11) is 0. The zero-order valence-corrected chi connectivity index (χ0v) is 14.8. The lowest BCUT2D eigenvalue weighted by Gasteiger charge is -2.20. The number of carbonyl (C=O) groups excluding carboxylic acids is 1. The van der Waals surface area contributed by atoms with Crippen LogP contribution in [-0.2, 0) is 4.74 Å². The monoisotopic (exact) mass is 352 g/mol. The zero-order valence-electron chi connectivity index (χ0n) is 14.8. The summed E-state index contributed by atoms with van der Waals surface area (Å²) in [5.41, 5.74) is -0.722. The van der Waals surface area contributed by atoms with Crippen molar-refractivity contribution in [1.29, 1.82) is 0 Å². The SMILES string of the molecule is CC(CCCNC(=O)OC(C)(C)C)c1cnc(C(=O)O)c(C(=O)O)c1. The Bertz CT molecular complexity index is 651. The van der Waals surface area contributed by atoms with Crippen molar-refractivity contribution in [3.05, 3.63) is 29.1 Å². The predicted octanol–water partition coefficient (Wildman–Crippen LogP) is 2.89. The quantitative estimate of drug-likeness (QED) is 0.644. The summed E-state index contributed by atoms with van der Waals surface area (Å²) >= 11 is 0. The molecule has 0 spiro atoms. The van der Waals surface area contributed by atoms with E-state index in [1.54, 1.807) is 20.8 Å². The summed E-state index contributed by atoms with van der Waals surface area (Å²) in [6, 6.07) is 1.34. The first-order valence-electron chi connectivity index (χ1n) is 7.94. The van der Waals surface area contributed by atoms with E-state index in [1.165, 1.54) is 12.3 Å². The van der Waals surface area contributed by atoms with Gasteiger partial charge in [-0.2, -0.15) is 0 Å². The number of carbonyl (C=O) groups is 3. The van der Waals surface area contributed by atoms with E-state index in [9.17, 15) is 14.4 Å². The fourth-order valence-electron chi connectivity index (χ4n) is 2.16. The summed E-state index contributed by atoms with van der Waals surface area (Å²) < 4.78 is 5.13. The van der Waals surface area contributed by atoms with Crippen LogP contribution in [0.1, 0.15) is 72.9 Å². The number of hydrogen-bond acceptors (Lipinski definition) is 5. The number of pyridine rings is 1. The molecule has 0 aliphatic heterocycles. The highest BCUT2D eigenvalue weighted by atomic mass is 16.6. The van der Waals surface area contributed by atoms with E-state index in [2.05, 4.69) is 10.3 Å². The summed E-state index contributed by atoms with van der Waals surface area (Å²) in [6.07, 6.45) is 2.22. The van der Waals surface area contributed by atoms with Crippen LogP contribution in [0.5, 0.6) is 0 Å². The Balaban J connectivity index is 2.59. The summed E-state index contributed by atoms with van der Waals surface area (Å²) in [5, 5.41) is 20.7. The van der Waals surface area contributed by atoms with E-state index in [-0.39, 0.29) is 11.5 Å². The number of ether oxygens (including phenoxy) is 1. The molecule has 138 valence electrons. The maximum Gasteiger partial charge on any atom is 0.407 e. The van der Waals surface area contributed by atoms with Gasteiger partial charge in [0.25, 0.3) is 0 Å². The number of carboxylic acid groups (broad SMARTS) is 2. The minimum Gasteiger partial charge on any atom is -0.478 e. The van der Waals surface area contributed by atoms with Gasteiger partial charge in [0.2, 0.25) is 0 Å². The van der Waals surface area contributed by atoms with Gasteiger partial charge in [0.1, 0.15) is 5.60 Å². The molecule has 0 saturated carbocycles. The van der Waals surface area contributed by atoms with Gasteiger partial charge in [-0.1, -0.05) is 6.92 Å². The Morgan fingerprint density at radius 3 is 2.40 bits per heavy atom. The van der Waals surface area contributed by atoms with E-state index in [1.807, 2.05) is 6.92 Å². The summed E-state index contributed by atoms with van der Waals surface area (Å²) in [4.78, 5) is 37.5. The van der Waals surface area contributed by atoms with Gasteiger partial charge in [0.05, 0.1) is 5.56 Å². The van der Waals surface area contributed by atoms with Crippen molar-refractivity contribution in [1.82, 2.24) is 10.3 Å². The molecule has 8 heteroatoms. The molecule has 3 N–H and O–H groups in total. The molecule has 1 aromatic heterocycles. The number of nitrogens with zero attached hydrogens (tertiary/aromatic N) is 1. The van der Waals surface area contributed by atoms with Crippen LogP contribution in [0.2, 0.25) is 0 Å². The van der Waals surface area contributed by atoms with Gasteiger partial charge in [0, 0.05) is 12.7 Å². The highest BCUT2D eigenvalue weighted by Gasteiger charge is 2.20.